The van der Waals surface area contributed by atoms with Crippen molar-refractivity contribution >= 4 is 40.2 Å². The van der Waals surface area contributed by atoms with Gasteiger partial charge in [0.25, 0.3) is 0 Å². The van der Waals surface area contributed by atoms with Crippen molar-refractivity contribution in [2.45, 2.75) is 32.7 Å². The second-order valence-corrected chi connectivity index (χ2v) is 6.72. The Morgan fingerprint density at radius 1 is 1.16 bits per heavy atom. The molecule has 0 bridgehead atoms. The average molecular weight is 377 g/mol. The number of halogens is 2. The molecule has 3 aromatic rings. The van der Waals surface area contributed by atoms with E-state index in [1.54, 1.807) is 12.1 Å². The number of aryl methyl sites for hydroxylation is 1. The topological polar surface area (TPSA) is 55.1 Å². The fourth-order valence-electron chi connectivity index (χ4n) is 2.94. The van der Waals surface area contributed by atoms with Crippen LogP contribution in [0.5, 0.6) is 0 Å². The minimum absolute atomic E-state index is 0.0847. The molecule has 130 valence electrons. The Hall–Kier alpha value is -2.04. The fraction of sp³-hybridized carbons (Fsp3) is 0.263. The second kappa shape index (κ2) is 7.46. The standard InChI is InChI=1S/C19H18Cl2N2O2/c1-2-3-8-16-22-15-10-9-14(21)17(19(24)25)18(15)23(16)11-12-6-4-5-7-13(12)20/h4-7,9-10H,2-3,8,11H2,1H3,(H,24,25). The molecular weight excluding hydrogens is 359 g/mol. The Labute approximate surface area is 156 Å². The monoisotopic (exact) mass is 376 g/mol. The summed E-state index contributed by atoms with van der Waals surface area (Å²) in [5.41, 5.74) is 2.19. The van der Waals surface area contributed by atoms with Crippen LogP contribution in [0, 0.1) is 0 Å². The van der Waals surface area contributed by atoms with Gasteiger partial charge in [-0.3, -0.25) is 0 Å². The Morgan fingerprint density at radius 3 is 2.60 bits per heavy atom. The molecule has 0 fully saturated rings. The maximum absolute atomic E-state index is 11.8. The van der Waals surface area contributed by atoms with E-state index in [0.717, 1.165) is 30.7 Å². The van der Waals surface area contributed by atoms with Crippen LogP contribution in [0.1, 0.15) is 41.5 Å². The lowest BCUT2D eigenvalue weighted by Crippen LogP contribution is -2.09. The number of unbranched alkanes of at least 4 members (excludes halogenated alkanes) is 1. The minimum atomic E-state index is -1.06. The number of aromatic carboxylic acids is 1. The molecule has 3 rings (SSSR count). The summed E-state index contributed by atoms with van der Waals surface area (Å²) in [6, 6.07) is 10.9. The number of benzene rings is 2. The Morgan fingerprint density at radius 2 is 1.92 bits per heavy atom. The molecule has 0 aliphatic carbocycles. The molecule has 0 saturated heterocycles. The van der Waals surface area contributed by atoms with Crippen LogP contribution in [0.15, 0.2) is 36.4 Å². The number of carboxylic acids is 1. The van der Waals surface area contributed by atoms with Crippen molar-refractivity contribution in [1.29, 1.82) is 0 Å². The third-order valence-electron chi connectivity index (χ3n) is 4.19. The highest BCUT2D eigenvalue weighted by atomic mass is 35.5. The molecule has 0 unspecified atom stereocenters. The molecular formula is C19H18Cl2N2O2. The largest absolute Gasteiger partial charge is 0.478 e. The molecule has 0 aliphatic heterocycles. The molecule has 1 heterocycles. The molecule has 0 saturated carbocycles. The highest BCUT2D eigenvalue weighted by molar-refractivity contribution is 6.35. The first-order valence-electron chi connectivity index (χ1n) is 8.17. The van der Waals surface area contributed by atoms with Crippen LogP contribution in [0.3, 0.4) is 0 Å². The van der Waals surface area contributed by atoms with E-state index in [0.29, 0.717) is 22.6 Å². The predicted octanol–water partition coefficient (Wildman–Crippen LogP) is 5.43. The van der Waals surface area contributed by atoms with Crippen molar-refractivity contribution in [2.75, 3.05) is 0 Å². The number of nitrogens with zero attached hydrogens (tertiary/aromatic N) is 2. The highest BCUT2D eigenvalue weighted by Gasteiger charge is 2.21. The van der Waals surface area contributed by atoms with Crippen LogP contribution >= 0.6 is 23.2 Å². The highest BCUT2D eigenvalue weighted by Crippen LogP contribution is 2.29. The molecule has 1 aromatic heterocycles. The van der Waals surface area contributed by atoms with E-state index in [1.165, 1.54) is 0 Å². The van der Waals surface area contributed by atoms with Crippen LogP contribution in [-0.2, 0) is 13.0 Å². The van der Waals surface area contributed by atoms with E-state index in [1.807, 2.05) is 28.8 Å². The summed E-state index contributed by atoms with van der Waals surface area (Å²) in [4.78, 5) is 16.4. The summed E-state index contributed by atoms with van der Waals surface area (Å²) < 4.78 is 1.93. The summed E-state index contributed by atoms with van der Waals surface area (Å²) in [7, 11) is 0. The zero-order valence-electron chi connectivity index (χ0n) is 13.8. The van der Waals surface area contributed by atoms with Crippen molar-refractivity contribution in [2.24, 2.45) is 0 Å². The molecule has 0 spiro atoms. The minimum Gasteiger partial charge on any atom is -0.478 e. The summed E-state index contributed by atoms with van der Waals surface area (Å²) in [5.74, 6) is -0.209. The first-order valence-corrected chi connectivity index (χ1v) is 8.92. The summed E-state index contributed by atoms with van der Waals surface area (Å²) in [6.07, 6.45) is 2.77. The second-order valence-electron chi connectivity index (χ2n) is 5.90. The maximum atomic E-state index is 11.8. The zero-order chi connectivity index (χ0) is 18.0. The Kier molecular flexibility index (Phi) is 5.30. The number of hydrogen-bond acceptors (Lipinski definition) is 2. The van der Waals surface area contributed by atoms with Gasteiger partial charge < -0.3 is 9.67 Å². The van der Waals surface area contributed by atoms with E-state index < -0.39 is 5.97 Å². The number of hydrogen-bond donors (Lipinski definition) is 1. The lowest BCUT2D eigenvalue weighted by Gasteiger charge is -2.12. The quantitative estimate of drug-likeness (QED) is 0.623. The van der Waals surface area contributed by atoms with Crippen molar-refractivity contribution in [1.82, 2.24) is 9.55 Å². The Balaban J connectivity index is 2.23. The molecule has 1 N–H and O–H groups in total. The van der Waals surface area contributed by atoms with Gasteiger partial charge in [-0.05, 0) is 30.2 Å². The molecule has 2 aromatic carbocycles. The van der Waals surface area contributed by atoms with Crippen LogP contribution in [-0.4, -0.2) is 20.6 Å². The molecule has 0 radical (unpaired) electrons. The number of fused-ring (bicyclic) bond motifs is 1. The van der Waals surface area contributed by atoms with Gasteiger partial charge in [-0.25, -0.2) is 9.78 Å². The first-order chi connectivity index (χ1) is 12.0. The van der Waals surface area contributed by atoms with Crippen LogP contribution in [0.4, 0.5) is 0 Å². The lowest BCUT2D eigenvalue weighted by atomic mass is 10.1. The number of carboxylic acid groups (broad SMARTS) is 1. The average Bonchev–Trinajstić information content (AvgIpc) is 2.92. The van der Waals surface area contributed by atoms with Crippen molar-refractivity contribution in [3.63, 3.8) is 0 Å². The van der Waals surface area contributed by atoms with E-state index in [-0.39, 0.29) is 10.6 Å². The SMILES string of the molecule is CCCCc1nc2ccc(Cl)c(C(=O)O)c2n1Cc1ccccc1Cl. The summed E-state index contributed by atoms with van der Waals surface area (Å²) >= 11 is 12.5. The number of rotatable bonds is 6. The van der Waals surface area contributed by atoms with Gasteiger partial charge >= 0.3 is 5.97 Å². The molecule has 0 aliphatic rings. The fourth-order valence-corrected chi connectivity index (χ4v) is 3.37. The maximum Gasteiger partial charge on any atom is 0.339 e. The van der Waals surface area contributed by atoms with Gasteiger partial charge in [0.15, 0.2) is 0 Å². The molecule has 0 atom stereocenters. The third kappa shape index (κ3) is 3.51. The summed E-state index contributed by atoms with van der Waals surface area (Å²) in [6.45, 7) is 2.57. The number of imidazole rings is 1. The van der Waals surface area contributed by atoms with E-state index in [9.17, 15) is 9.90 Å². The third-order valence-corrected chi connectivity index (χ3v) is 4.87. The van der Waals surface area contributed by atoms with Gasteiger partial charge in [0.05, 0.1) is 22.6 Å². The van der Waals surface area contributed by atoms with E-state index >= 15 is 0 Å². The molecule has 6 heteroatoms. The number of aromatic nitrogens is 2. The smallest absolute Gasteiger partial charge is 0.339 e. The van der Waals surface area contributed by atoms with Crippen molar-refractivity contribution < 1.29 is 9.90 Å². The predicted molar refractivity (Wildman–Crippen MR) is 101 cm³/mol. The van der Waals surface area contributed by atoms with Gasteiger partial charge in [-0.1, -0.05) is 54.7 Å². The molecule has 0 amide bonds. The first kappa shape index (κ1) is 17.8. The van der Waals surface area contributed by atoms with Gasteiger partial charge in [0.1, 0.15) is 11.4 Å². The van der Waals surface area contributed by atoms with Crippen LogP contribution in [0.2, 0.25) is 10.0 Å². The Bertz CT molecular complexity index is 935. The normalized spacial score (nSPS) is 11.2. The zero-order valence-corrected chi connectivity index (χ0v) is 15.3. The van der Waals surface area contributed by atoms with E-state index in [4.69, 9.17) is 23.2 Å². The van der Waals surface area contributed by atoms with Crippen molar-refractivity contribution in [3.8, 4) is 0 Å². The molecule has 4 nitrogen and oxygen atoms in total. The van der Waals surface area contributed by atoms with Crippen LogP contribution < -0.4 is 0 Å². The molecule has 25 heavy (non-hydrogen) atoms. The van der Waals surface area contributed by atoms with Gasteiger partial charge in [-0.2, -0.15) is 0 Å². The van der Waals surface area contributed by atoms with Gasteiger partial charge in [-0.15, -0.1) is 0 Å². The van der Waals surface area contributed by atoms with Crippen LogP contribution in [0.25, 0.3) is 11.0 Å². The van der Waals surface area contributed by atoms with E-state index in [2.05, 4.69) is 11.9 Å². The summed E-state index contributed by atoms with van der Waals surface area (Å²) in [5, 5.41) is 10.5. The lowest BCUT2D eigenvalue weighted by molar-refractivity contribution is 0.0699. The van der Waals surface area contributed by atoms with Gasteiger partial charge in [0.2, 0.25) is 0 Å². The van der Waals surface area contributed by atoms with Gasteiger partial charge in [0, 0.05) is 11.4 Å². The van der Waals surface area contributed by atoms with Crippen molar-refractivity contribution in [3.05, 3.63) is 63.4 Å². The number of carbonyl (C=O) groups is 1.